The van der Waals surface area contributed by atoms with Crippen LogP contribution in [0.25, 0.3) is 0 Å². The largest absolute Gasteiger partial charge is 0.477 e. The Bertz CT molecular complexity index is 412. The first kappa shape index (κ1) is 13.9. The third-order valence-corrected chi connectivity index (χ3v) is 2.65. The highest BCUT2D eigenvalue weighted by atomic mass is 79.9. The second-order valence-electron chi connectivity index (χ2n) is 3.87. The molecule has 17 heavy (non-hydrogen) atoms. The number of amides is 1. The normalized spacial score (nSPS) is 12.4. The Morgan fingerprint density at radius 3 is 2.65 bits per heavy atom. The van der Waals surface area contributed by atoms with E-state index in [-0.39, 0.29) is 11.7 Å². The van der Waals surface area contributed by atoms with Crippen LogP contribution in [-0.4, -0.2) is 12.0 Å². The van der Waals surface area contributed by atoms with Crippen LogP contribution < -0.4 is 16.0 Å². The van der Waals surface area contributed by atoms with E-state index in [4.69, 9.17) is 10.6 Å². The number of halogens is 2. The van der Waals surface area contributed by atoms with Crippen molar-refractivity contribution in [3.63, 3.8) is 0 Å². The lowest BCUT2D eigenvalue weighted by Gasteiger charge is -2.21. The van der Waals surface area contributed by atoms with Crippen molar-refractivity contribution < 1.29 is 13.9 Å². The maximum atomic E-state index is 13.5. The molecule has 0 fully saturated rings. The van der Waals surface area contributed by atoms with E-state index in [2.05, 4.69) is 15.9 Å². The molecule has 4 nitrogen and oxygen atoms in total. The second kappa shape index (κ2) is 5.97. The first-order chi connectivity index (χ1) is 7.95. The van der Waals surface area contributed by atoms with Gasteiger partial charge in [0.25, 0.3) is 5.91 Å². The van der Waals surface area contributed by atoms with Crippen LogP contribution in [0.4, 0.5) is 4.39 Å². The van der Waals surface area contributed by atoms with E-state index in [0.29, 0.717) is 4.47 Å². The van der Waals surface area contributed by atoms with Crippen molar-refractivity contribution in [2.45, 2.75) is 20.0 Å². The van der Waals surface area contributed by atoms with E-state index in [0.717, 1.165) is 0 Å². The minimum absolute atomic E-state index is 0.0236. The number of hydrogen-bond donors (Lipinski definition) is 2. The van der Waals surface area contributed by atoms with E-state index < -0.39 is 17.8 Å². The minimum atomic E-state index is -0.823. The first-order valence-electron chi connectivity index (χ1n) is 5.08. The third kappa shape index (κ3) is 3.67. The molecule has 0 heterocycles. The standard InChI is InChI=1S/C11H14BrFN2O2/c1-6(2)10(11(16)15-14)17-9-4-3-7(12)5-8(9)13/h3-6,10H,14H2,1-2H3,(H,15,16). The molecule has 1 aromatic rings. The molecule has 6 heteroatoms. The molecule has 0 aliphatic rings. The molecule has 0 aromatic heterocycles. The average Bonchev–Trinajstić information content (AvgIpc) is 2.26. The van der Waals surface area contributed by atoms with E-state index >= 15 is 0 Å². The Labute approximate surface area is 107 Å². The highest BCUT2D eigenvalue weighted by molar-refractivity contribution is 9.10. The zero-order chi connectivity index (χ0) is 13.0. The summed E-state index contributed by atoms with van der Waals surface area (Å²) in [6.07, 6.45) is -0.823. The molecule has 1 unspecified atom stereocenters. The molecule has 3 N–H and O–H groups in total. The third-order valence-electron chi connectivity index (χ3n) is 2.15. The molecule has 0 radical (unpaired) electrons. The van der Waals surface area contributed by atoms with Gasteiger partial charge in [0, 0.05) is 4.47 Å². The Morgan fingerprint density at radius 1 is 1.53 bits per heavy atom. The van der Waals surface area contributed by atoms with Gasteiger partial charge in [-0.3, -0.25) is 10.2 Å². The SMILES string of the molecule is CC(C)C(Oc1ccc(Br)cc1F)C(=O)NN. The molecular weight excluding hydrogens is 291 g/mol. The molecule has 1 atom stereocenters. The quantitative estimate of drug-likeness (QED) is 0.508. The van der Waals surface area contributed by atoms with Crippen molar-refractivity contribution in [2.24, 2.45) is 11.8 Å². The van der Waals surface area contributed by atoms with Gasteiger partial charge in [-0.05, 0) is 24.1 Å². The number of rotatable bonds is 4. The van der Waals surface area contributed by atoms with Crippen LogP contribution in [0.3, 0.4) is 0 Å². The first-order valence-corrected chi connectivity index (χ1v) is 5.87. The molecule has 0 saturated heterocycles. The topological polar surface area (TPSA) is 64.3 Å². The minimum Gasteiger partial charge on any atom is -0.477 e. The average molecular weight is 305 g/mol. The highest BCUT2D eigenvalue weighted by Crippen LogP contribution is 2.23. The lowest BCUT2D eigenvalue weighted by atomic mass is 10.1. The van der Waals surface area contributed by atoms with Crippen LogP contribution in [-0.2, 0) is 4.79 Å². The van der Waals surface area contributed by atoms with E-state index in [1.165, 1.54) is 12.1 Å². The lowest BCUT2D eigenvalue weighted by molar-refractivity contribution is -0.129. The predicted molar refractivity (Wildman–Crippen MR) is 65.7 cm³/mol. The van der Waals surface area contributed by atoms with Gasteiger partial charge in [0.2, 0.25) is 0 Å². The van der Waals surface area contributed by atoms with Crippen LogP contribution >= 0.6 is 15.9 Å². The van der Waals surface area contributed by atoms with Gasteiger partial charge in [-0.1, -0.05) is 29.8 Å². The molecule has 1 rings (SSSR count). The summed E-state index contributed by atoms with van der Waals surface area (Å²) in [7, 11) is 0. The summed E-state index contributed by atoms with van der Waals surface area (Å²) in [6, 6.07) is 4.36. The van der Waals surface area contributed by atoms with Crippen molar-refractivity contribution >= 4 is 21.8 Å². The smallest absolute Gasteiger partial charge is 0.275 e. The Hall–Kier alpha value is -1.14. The Morgan fingerprint density at radius 2 is 2.18 bits per heavy atom. The molecule has 1 amide bonds. The molecular formula is C11H14BrFN2O2. The fourth-order valence-corrected chi connectivity index (χ4v) is 1.62. The Kier molecular flexibility index (Phi) is 4.89. The van der Waals surface area contributed by atoms with Crippen molar-refractivity contribution in [1.29, 1.82) is 0 Å². The van der Waals surface area contributed by atoms with Crippen LogP contribution in [0.1, 0.15) is 13.8 Å². The van der Waals surface area contributed by atoms with Gasteiger partial charge in [0.1, 0.15) is 0 Å². The molecule has 0 aliphatic heterocycles. The molecule has 1 aromatic carbocycles. The summed E-state index contributed by atoms with van der Waals surface area (Å²) in [6.45, 7) is 3.58. The zero-order valence-electron chi connectivity index (χ0n) is 9.54. The maximum Gasteiger partial charge on any atom is 0.275 e. The summed E-state index contributed by atoms with van der Waals surface area (Å²) in [5.41, 5.74) is 2.00. The molecule has 0 bridgehead atoms. The van der Waals surface area contributed by atoms with Crippen molar-refractivity contribution in [2.75, 3.05) is 0 Å². The van der Waals surface area contributed by atoms with Crippen molar-refractivity contribution in [3.05, 3.63) is 28.5 Å². The van der Waals surface area contributed by atoms with Crippen molar-refractivity contribution in [3.8, 4) is 5.75 Å². The fraction of sp³-hybridized carbons (Fsp3) is 0.364. The summed E-state index contributed by atoms with van der Waals surface area (Å²) in [5, 5.41) is 0. The van der Waals surface area contributed by atoms with Crippen LogP contribution in [0.15, 0.2) is 22.7 Å². The highest BCUT2D eigenvalue weighted by Gasteiger charge is 2.24. The van der Waals surface area contributed by atoms with Crippen LogP contribution in [0, 0.1) is 11.7 Å². The second-order valence-corrected chi connectivity index (χ2v) is 4.78. The number of ether oxygens (including phenoxy) is 1. The Balaban J connectivity index is 2.90. The molecule has 0 saturated carbocycles. The lowest BCUT2D eigenvalue weighted by Crippen LogP contribution is -2.44. The summed E-state index contributed by atoms with van der Waals surface area (Å²) >= 11 is 3.14. The number of hydrazine groups is 1. The predicted octanol–water partition coefficient (Wildman–Crippen LogP) is 1.98. The van der Waals surface area contributed by atoms with E-state index in [9.17, 15) is 9.18 Å². The number of hydrogen-bond acceptors (Lipinski definition) is 3. The summed E-state index contributed by atoms with van der Waals surface area (Å²) < 4.78 is 19.5. The number of nitrogens with one attached hydrogen (secondary N) is 1. The number of benzene rings is 1. The molecule has 0 aliphatic carbocycles. The van der Waals surface area contributed by atoms with Crippen LogP contribution in [0.2, 0.25) is 0 Å². The van der Waals surface area contributed by atoms with Gasteiger partial charge in [-0.25, -0.2) is 10.2 Å². The van der Waals surface area contributed by atoms with Gasteiger partial charge in [0.05, 0.1) is 0 Å². The fourth-order valence-electron chi connectivity index (χ4n) is 1.28. The summed E-state index contributed by atoms with van der Waals surface area (Å²) in [4.78, 5) is 11.4. The zero-order valence-corrected chi connectivity index (χ0v) is 11.1. The van der Waals surface area contributed by atoms with E-state index in [1.54, 1.807) is 19.9 Å². The van der Waals surface area contributed by atoms with Crippen LogP contribution in [0.5, 0.6) is 5.75 Å². The number of carbonyl (C=O) groups is 1. The number of nitrogens with two attached hydrogens (primary N) is 1. The van der Waals surface area contributed by atoms with Gasteiger partial charge >= 0.3 is 0 Å². The molecule has 94 valence electrons. The number of carbonyl (C=O) groups excluding carboxylic acids is 1. The summed E-state index contributed by atoms with van der Waals surface area (Å²) in [5.74, 6) is 3.93. The van der Waals surface area contributed by atoms with Gasteiger partial charge in [0.15, 0.2) is 17.7 Å². The molecule has 0 spiro atoms. The monoisotopic (exact) mass is 304 g/mol. The van der Waals surface area contributed by atoms with Gasteiger partial charge in [-0.15, -0.1) is 0 Å². The van der Waals surface area contributed by atoms with Gasteiger partial charge < -0.3 is 4.74 Å². The van der Waals surface area contributed by atoms with Crippen molar-refractivity contribution in [1.82, 2.24) is 5.43 Å². The maximum absolute atomic E-state index is 13.5. The van der Waals surface area contributed by atoms with E-state index in [1.807, 2.05) is 5.43 Å². The van der Waals surface area contributed by atoms with Gasteiger partial charge in [-0.2, -0.15) is 0 Å².